The molecule has 0 fully saturated rings. The molecule has 1 N–H and O–H groups in total. The number of rotatable bonds is 4. The smallest absolute Gasteiger partial charge is 0.158 e. The summed E-state index contributed by atoms with van der Waals surface area (Å²) in [5.41, 5.74) is 7.31. The first-order chi connectivity index (χ1) is 12.6. The highest BCUT2D eigenvalue weighted by Gasteiger charge is 2.11. The topological polar surface area (TPSA) is 68.0 Å². The normalized spacial score (nSPS) is 11.9. The number of hydrazone groups is 1. The molecule has 0 radical (unpaired) electrons. The first kappa shape index (κ1) is 16.4. The quantitative estimate of drug-likeness (QED) is 0.433. The lowest BCUT2D eigenvalue weighted by Gasteiger charge is -2.06. The molecule has 0 saturated carbocycles. The van der Waals surface area contributed by atoms with Crippen LogP contribution in [0.1, 0.15) is 22.9 Å². The van der Waals surface area contributed by atoms with Crippen LogP contribution in [-0.2, 0) is 0 Å². The van der Waals surface area contributed by atoms with Crippen LogP contribution in [-0.4, -0.2) is 25.2 Å². The minimum absolute atomic E-state index is 0.742. The van der Waals surface area contributed by atoms with Gasteiger partial charge in [-0.2, -0.15) is 5.10 Å². The molecule has 0 aliphatic rings. The van der Waals surface area contributed by atoms with Gasteiger partial charge in [0.15, 0.2) is 5.82 Å². The molecule has 130 valence electrons. The Morgan fingerprint density at radius 1 is 1.15 bits per heavy atom. The monoisotopic (exact) mass is 362 g/mol. The maximum absolute atomic E-state index is 4.52. The molecule has 0 aliphatic carbocycles. The van der Waals surface area contributed by atoms with Crippen molar-refractivity contribution in [2.75, 3.05) is 5.43 Å². The van der Waals surface area contributed by atoms with Crippen LogP contribution in [0.4, 0.5) is 5.82 Å². The van der Waals surface area contributed by atoms with Gasteiger partial charge < -0.3 is 4.57 Å². The van der Waals surface area contributed by atoms with Crippen molar-refractivity contribution >= 4 is 33.1 Å². The Morgan fingerprint density at radius 2 is 1.96 bits per heavy atom. The van der Waals surface area contributed by atoms with Crippen molar-refractivity contribution in [1.29, 1.82) is 0 Å². The van der Waals surface area contributed by atoms with Gasteiger partial charge >= 0.3 is 0 Å². The molecule has 0 saturated heterocycles. The highest BCUT2D eigenvalue weighted by molar-refractivity contribution is 7.18. The van der Waals surface area contributed by atoms with Crippen LogP contribution in [0.25, 0.3) is 15.9 Å². The second-order valence-corrected chi connectivity index (χ2v) is 7.21. The van der Waals surface area contributed by atoms with Crippen LogP contribution in [0.15, 0.2) is 54.4 Å². The second-order valence-electron chi connectivity index (χ2n) is 6.01. The van der Waals surface area contributed by atoms with Crippen molar-refractivity contribution in [3.05, 3.63) is 65.3 Å². The molecule has 0 aliphatic heterocycles. The number of benzene rings is 1. The van der Waals surface area contributed by atoms with Gasteiger partial charge in [-0.1, -0.05) is 12.1 Å². The molecule has 0 amide bonds. The molecular weight excluding hydrogens is 344 g/mol. The number of thiophene rings is 1. The minimum Gasteiger partial charge on any atom is -0.306 e. The first-order valence-corrected chi connectivity index (χ1v) is 9.05. The van der Waals surface area contributed by atoms with Crippen LogP contribution < -0.4 is 5.43 Å². The molecule has 4 rings (SSSR count). The van der Waals surface area contributed by atoms with Crippen LogP contribution in [0.2, 0.25) is 0 Å². The Kier molecular flexibility index (Phi) is 4.22. The Morgan fingerprint density at radius 3 is 2.69 bits per heavy atom. The van der Waals surface area contributed by atoms with Gasteiger partial charge in [-0.05, 0) is 44.0 Å². The largest absolute Gasteiger partial charge is 0.306 e. The number of fused-ring (bicyclic) bond motifs is 1. The highest BCUT2D eigenvalue weighted by Crippen LogP contribution is 2.32. The van der Waals surface area contributed by atoms with Crippen LogP contribution >= 0.6 is 11.3 Å². The summed E-state index contributed by atoms with van der Waals surface area (Å²) in [5, 5.41) is 5.56. The van der Waals surface area contributed by atoms with E-state index in [9.17, 15) is 0 Å². The van der Waals surface area contributed by atoms with Gasteiger partial charge in [0.25, 0.3) is 0 Å². The van der Waals surface area contributed by atoms with E-state index in [1.807, 2.05) is 42.0 Å². The Bertz CT molecular complexity index is 1080. The number of hydrogen-bond donors (Lipinski definition) is 1. The summed E-state index contributed by atoms with van der Waals surface area (Å²) in [6.07, 6.45) is 7.04. The molecule has 3 aromatic heterocycles. The maximum atomic E-state index is 4.52. The van der Waals surface area contributed by atoms with Gasteiger partial charge in [0, 0.05) is 23.0 Å². The van der Waals surface area contributed by atoms with Crippen molar-refractivity contribution in [3.8, 4) is 5.69 Å². The molecule has 1 aromatic carbocycles. The number of nitrogens with zero attached hydrogens (tertiary/aromatic N) is 5. The number of aryl methyl sites for hydroxylation is 2. The summed E-state index contributed by atoms with van der Waals surface area (Å²) in [5.74, 6) is 0.742. The average Bonchev–Trinajstić information content (AvgIpc) is 3.29. The maximum Gasteiger partial charge on any atom is 0.158 e. The van der Waals surface area contributed by atoms with E-state index in [1.54, 1.807) is 30.2 Å². The van der Waals surface area contributed by atoms with Crippen LogP contribution in [0.5, 0.6) is 0 Å². The molecule has 26 heavy (non-hydrogen) atoms. The van der Waals surface area contributed by atoms with Crippen LogP contribution in [0.3, 0.4) is 0 Å². The molecule has 4 aromatic rings. The Labute approximate surface area is 155 Å². The fourth-order valence-electron chi connectivity index (χ4n) is 2.76. The summed E-state index contributed by atoms with van der Waals surface area (Å²) in [7, 11) is 0. The lowest BCUT2D eigenvalue weighted by molar-refractivity contribution is 1.06. The van der Waals surface area contributed by atoms with Gasteiger partial charge in [-0.3, -0.25) is 5.43 Å². The third-order valence-corrected chi connectivity index (χ3v) is 5.50. The van der Waals surface area contributed by atoms with Gasteiger partial charge in [0.05, 0.1) is 17.4 Å². The standard InChI is InChI=1S/C19H18N6S/c1-12-14(3)26-19-17(12)18(21-10-22-19)24-23-13(2)15-4-6-16(7-5-15)25-9-8-20-11-25/h4-11H,1-3H3,(H,21,22,24)/b23-13+. The van der Waals surface area contributed by atoms with Crippen molar-refractivity contribution in [2.24, 2.45) is 5.10 Å². The van der Waals surface area contributed by atoms with E-state index in [0.29, 0.717) is 0 Å². The van der Waals surface area contributed by atoms with E-state index < -0.39 is 0 Å². The molecule has 7 heteroatoms. The third kappa shape index (κ3) is 2.97. The van der Waals surface area contributed by atoms with Crippen molar-refractivity contribution in [1.82, 2.24) is 19.5 Å². The first-order valence-electron chi connectivity index (χ1n) is 8.23. The molecular formula is C19H18N6S. The van der Waals surface area contributed by atoms with E-state index in [1.165, 1.54) is 10.4 Å². The molecule has 0 atom stereocenters. The Hall–Kier alpha value is -3.06. The van der Waals surface area contributed by atoms with E-state index >= 15 is 0 Å². The fourth-order valence-corrected chi connectivity index (χ4v) is 3.75. The fraction of sp³-hybridized carbons (Fsp3) is 0.158. The average molecular weight is 362 g/mol. The number of imidazole rings is 1. The van der Waals surface area contributed by atoms with Crippen molar-refractivity contribution in [2.45, 2.75) is 20.8 Å². The summed E-state index contributed by atoms with van der Waals surface area (Å²) in [4.78, 5) is 15.0. The highest BCUT2D eigenvalue weighted by atomic mass is 32.1. The second kappa shape index (κ2) is 6.68. The molecule has 3 heterocycles. The van der Waals surface area contributed by atoms with Gasteiger partial charge in [-0.15, -0.1) is 11.3 Å². The summed E-state index contributed by atoms with van der Waals surface area (Å²) in [6, 6.07) is 8.19. The van der Waals surface area contributed by atoms with Gasteiger partial charge in [0.2, 0.25) is 0 Å². The number of anilines is 1. The predicted octanol–water partition coefficient (Wildman–Crippen LogP) is 4.33. The number of aromatic nitrogens is 4. The summed E-state index contributed by atoms with van der Waals surface area (Å²) >= 11 is 1.68. The third-order valence-electron chi connectivity index (χ3n) is 4.38. The molecule has 0 bridgehead atoms. The van der Waals surface area contributed by atoms with Gasteiger partial charge in [-0.25, -0.2) is 15.0 Å². The van der Waals surface area contributed by atoms with Crippen molar-refractivity contribution in [3.63, 3.8) is 0 Å². The number of nitrogens with one attached hydrogen (secondary N) is 1. The van der Waals surface area contributed by atoms with E-state index in [0.717, 1.165) is 33.0 Å². The van der Waals surface area contributed by atoms with E-state index in [2.05, 4.69) is 39.3 Å². The number of hydrogen-bond acceptors (Lipinski definition) is 6. The zero-order valence-corrected chi connectivity index (χ0v) is 15.6. The summed E-state index contributed by atoms with van der Waals surface area (Å²) < 4.78 is 1.97. The zero-order valence-electron chi connectivity index (χ0n) is 14.8. The van der Waals surface area contributed by atoms with E-state index in [-0.39, 0.29) is 0 Å². The van der Waals surface area contributed by atoms with Crippen LogP contribution in [0, 0.1) is 13.8 Å². The van der Waals surface area contributed by atoms with Crippen molar-refractivity contribution < 1.29 is 0 Å². The lowest BCUT2D eigenvalue weighted by Crippen LogP contribution is -2.02. The SMILES string of the molecule is C/C(=N\Nc1ncnc2sc(C)c(C)c12)c1ccc(-n2ccnc2)cc1. The molecule has 0 unspecified atom stereocenters. The lowest BCUT2D eigenvalue weighted by atomic mass is 10.1. The minimum atomic E-state index is 0.742. The summed E-state index contributed by atoms with van der Waals surface area (Å²) in [6.45, 7) is 6.17. The Balaban J connectivity index is 1.59. The predicted molar refractivity (Wildman–Crippen MR) is 106 cm³/mol. The molecule has 0 spiro atoms. The van der Waals surface area contributed by atoms with Gasteiger partial charge in [0.1, 0.15) is 11.2 Å². The zero-order chi connectivity index (χ0) is 18.1. The molecule has 6 nitrogen and oxygen atoms in total. The van der Waals surface area contributed by atoms with E-state index in [4.69, 9.17) is 0 Å².